The number of hydrogen-bond acceptors (Lipinski definition) is 11. The maximum absolute atomic E-state index is 17.2. The van der Waals surface area contributed by atoms with Crippen LogP contribution in [0.3, 0.4) is 0 Å². The van der Waals surface area contributed by atoms with Crippen molar-refractivity contribution in [2.45, 2.75) is 49.6 Å². The second-order valence-corrected chi connectivity index (χ2v) is 15.6. The molecule has 12 nitrogen and oxygen atoms in total. The first kappa shape index (κ1) is 32.8. The van der Waals surface area contributed by atoms with Gasteiger partial charge in [0, 0.05) is 36.0 Å². The van der Waals surface area contributed by atoms with E-state index in [4.69, 9.17) is 27.1 Å². The van der Waals surface area contributed by atoms with Crippen molar-refractivity contribution in [2.24, 2.45) is 0 Å². The molecule has 0 aliphatic carbocycles. The smallest absolute Gasteiger partial charge is 0.329 e. The van der Waals surface area contributed by atoms with Crippen LogP contribution in [-0.2, 0) is 0 Å². The van der Waals surface area contributed by atoms with E-state index in [2.05, 4.69) is 14.9 Å². The number of likely N-dealkylation sites (tertiary alicyclic amines) is 1. The summed E-state index contributed by atoms with van der Waals surface area (Å²) < 4.78 is 40.0. The lowest BCUT2D eigenvalue weighted by Crippen LogP contribution is -2.64. The molecular formula is C36H31ClF2N10O2S. The highest BCUT2D eigenvalue weighted by Crippen LogP contribution is 2.47. The molecule has 1 atom stereocenters. The minimum absolute atomic E-state index is 0.0227. The predicted octanol–water partition coefficient (Wildman–Crippen LogP) is 6.30. The summed E-state index contributed by atoms with van der Waals surface area (Å²) in [5.41, 5.74) is 5.84. The van der Waals surface area contributed by atoms with E-state index in [0.717, 1.165) is 56.5 Å². The van der Waals surface area contributed by atoms with Crippen LogP contribution in [0.1, 0.15) is 49.8 Å². The number of aromatic nitrogens is 4. The second kappa shape index (κ2) is 12.0. The maximum Gasteiger partial charge on any atom is 0.329 e. The average Bonchev–Trinajstić information content (AvgIpc) is 3.96. The molecule has 7 heterocycles. The van der Waals surface area contributed by atoms with Gasteiger partial charge in [0.05, 0.1) is 32.6 Å². The van der Waals surface area contributed by atoms with E-state index >= 15 is 4.39 Å². The SMILES string of the molecule is N#Cc1cn(C(=O)N2CC[C@@]23CCN(c2nc(OCC45CCCN4CCC5)nc4c(F)c(-c5ccc(F)c6sc(N)c(C#N)c56)c(Cl)cc24)C3)cn1. The zero-order valence-corrected chi connectivity index (χ0v) is 29.4. The lowest BCUT2D eigenvalue weighted by Gasteiger charge is -2.50. The molecule has 0 radical (unpaired) electrons. The number of nitrogens with zero attached hydrogens (tertiary/aromatic N) is 9. The minimum atomic E-state index is -0.762. The van der Waals surface area contributed by atoms with E-state index in [1.165, 1.54) is 29.2 Å². The van der Waals surface area contributed by atoms with Gasteiger partial charge in [-0.1, -0.05) is 17.7 Å². The molecule has 52 heavy (non-hydrogen) atoms. The highest BCUT2D eigenvalue weighted by atomic mass is 35.5. The molecule has 0 unspecified atom stereocenters. The molecule has 4 aliphatic rings. The number of nitriles is 2. The van der Waals surface area contributed by atoms with E-state index in [-0.39, 0.29) is 65.6 Å². The summed E-state index contributed by atoms with van der Waals surface area (Å²) in [5.74, 6) is -0.916. The number of fused-ring (bicyclic) bond motifs is 3. The van der Waals surface area contributed by atoms with Gasteiger partial charge < -0.3 is 20.3 Å². The van der Waals surface area contributed by atoms with Crippen molar-refractivity contribution in [3.63, 3.8) is 0 Å². The summed E-state index contributed by atoms with van der Waals surface area (Å²) in [7, 11) is 0. The number of imidazole rings is 1. The lowest BCUT2D eigenvalue weighted by atomic mass is 9.84. The van der Waals surface area contributed by atoms with Gasteiger partial charge in [-0.2, -0.15) is 20.5 Å². The Labute approximate surface area is 305 Å². The van der Waals surface area contributed by atoms with Gasteiger partial charge in [0.15, 0.2) is 11.5 Å². The van der Waals surface area contributed by atoms with Crippen LogP contribution in [-0.4, -0.2) is 85.8 Å². The van der Waals surface area contributed by atoms with Crippen LogP contribution in [0.4, 0.5) is 24.4 Å². The van der Waals surface area contributed by atoms with Crippen LogP contribution in [0.15, 0.2) is 30.7 Å². The average molecular weight is 741 g/mol. The lowest BCUT2D eigenvalue weighted by molar-refractivity contribution is 0.0414. The fraction of sp³-hybridized carbons (Fsp3) is 0.389. The molecule has 5 aromatic rings. The third-order valence-corrected chi connectivity index (χ3v) is 12.8. The maximum atomic E-state index is 17.2. The number of benzene rings is 2. The molecule has 3 aromatic heterocycles. The fourth-order valence-corrected chi connectivity index (χ4v) is 10.0. The van der Waals surface area contributed by atoms with Gasteiger partial charge in [-0.15, -0.1) is 11.3 Å². The summed E-state index contributed by atoms with van der Waals surface area (Å²) in [6.45, 7) is 3.85. The number of ether oxygens (including phenoxy) is 1. The molecular weight excluding hydrogens is 710 g/mol. The van der Waals surface area contributed by atoms with Gasteiger partial charge in [-0.05, 0) is 69.3 Å². The molecule has 1 spiro atoms. The number of nitrogen functional groups attached to an aromatic ring is 1. The van der Waals surface area contributed by atoms with Gasteiger partial charge in [0.1, 0.15) is 47.2 Å². The largest absolute Gasteiger partial charge is 0.461 e. The van der Waals surface area contributed by atoms with Gasteiger partial charge in [-0.25, -0.2) is 18.6 Å². The molecule has 2 aromatic carbocycles. The number of amides is 1. The normalized spacial score (nSPS) is 20.8. The number of rotatable bonds is 5. The first-order valence-electron chi connectivity index (χ1n) is 17.1. The molecule has 264 valence electrons. The zero-order chi connectivity index (χ0) is 35.9. The van der Waals surface area contributed by atoms with Gasteiger partial charge >= 0.3 is 12.0 Å². The van der Waals surface area contributed by atoms with E-state index in [9.17, 15) is 19.7 Å². The first-order valence-corrected chi connectivity index (χ1v) is 18.3. The molecule has 9 rings (SSSR count). The Hall–Kier alpha value is -5.09. The standard InChI is InChI=1S/C36H31ClF2N10O2S/c37-24-13-22-29(28(39)27(24)21-3-4-25(38)30-26(21)23(15-41)31(42)52-30)44-33(51-18-36-5-1-9-48(36)10-2-6-36)45-32(22)46-11-7-35(17-46)8-12-49(35)34(50)47-16-20(14-40)43-19-47/h3-4,13,16,19H,1-2,5-12,17-18,42H2/t35-/m1/s1. The van der Waals surface area contributed by atoms with Crippen LogP contribution < -0.4 is 15.4 Å². The molecule has 0 saturated carbocycles. The first-order chi connectivity index (χ1) is 25.1. The summed E-state index contributed by atoms with van der Waals surface area (Å²) in [5, 5.41) is 19.8. The van der Waals surface area contributed by atoms with E-state index < -0.39 is 17.2 Å². The van der Waals surface area contributed by atoms with Crippen molar-refractivity contribution in [3.8, 4) is 29.3 Å². The summed E-state index contributed by atoms with van der Waals surface area (Å²) in [6, 6.07) is 7.96. The Balaban J connectivity index is 1.14. The minimum Gasteiger partial charge on any atom is -0.461 e. The number of carbonyl (C=O) groups excluding carboxylic acids is 1. The Morgan fingerprint density at radius 2 is 1.87 bits per heavy atom. The zero-order valence-electron chi connectivity index (χ0n) is 27.8. The van der Waals surface area contributed by atoms with Crippen molar-refractivity contribution in [1.29, 1.82) is 10.5 Å². The van der Waals surface area contributed by atoms with Crippen LogP contribution in [0.25, 0.3) is 32.1 Å². The van der Waals surface area contributed by atoms with Crippen molar-refractivity contribution >= 4 is 60.8 Å². The highest BCUT2D eigenvalue weighted by Gasteiger charge is 2.52. The van der Waals surface area contributed by atoms with Gasteiger partial charge in [0.2, 0.25) is 0 Å². The molecule has 4 aliphatic heterocycles. The van der Waals surface area contributed by atoms with E-state index in [1.807, 2.05) is 17.0 Å². The monoisotopic (exact) mass is 740 g/mol. The van der Waals surface area contributed by atoms with E-state index in [1.54, 1.807) is 11.0 Å². The number of carbonyl (C=O) groups is 1. The number of thiophene rings is 1. The molecule has 16 heteroatoms. The molecule has 4 fully saturated rings. The number of anilines is 2. The quantitative estimate of drug-likeness (QED) is 0.217. The Morgan fingerprint density at radius 3 is 2.58 bits per heavy atom. The third kappa shape index (κ3) is 4.83. The fourth-order valence-electron chi connectivity index (χ4n) is 8.81. The van der Waals surface area contributed by atoms with Crippen LogP contribution in [0, 0.1) is 34.3 Å². The van der Waals surface area contributed by atoms with Crippen molar-refractivity contribution in [2.75, 3.05) is 50.0 Å². The van der Waals surface area contributed by atoms with Crippen LogP contribution >= 0.6 is 22.9 Å². The molecule has 4 saturated heterocycles. The van der Waals surface area contributed by atoms with Crippen molar-refractivity contribution < 1.29 is 18.3 Å². The number of halogens is 3. The predicted molar refractivity (Wildman–Crippen MR) is 191 cm³/mol. The molecule has 0 bridgehead atoms. The summed E-state index contributed by atoms with van der Waals surface area (Å²) in [4.78, 5) is 33.3. The molecule has 1 amide bonds. The number of hydrogen-bond donors (Lipinski definition) is 1. The Bertz CT molecular complexity index is 2410. The number of nitrogens with two attached hydrogens (primary N) is 1. The van der Waals surface area contributed by atoms with Crippen molar-refractivity contribution in [3.05, 3.63) is 58.6 Å². The van der Waals surface area contributed by atoms with Gasteiger partial charge in [0.25, 0.3) is 0 Å². The van der Waals surface area contributed by atoms with E-state index in [0.29, 0.717) is 43.9 Å². The van der Waals surface area contributed by atoms with Crippen LogP contribution in [0.5, 0.6) is 6.01 Å². The Morgan fingerprint density at radius 1 is 1.08 bits per heavy atom. The summed E-state index contributed by atoms with van der Waals surface area (Å²) >= 11 is 7.84. The third-order valence-electron chi connectivity index (χ3n) is 11.5. The van der Waals surface area contributed by atoms with Crippen molar-refractivity contribution in [1.82, 2.24) is 29.3 Å². The van der Waals surface area contributed by atoms with Crippen LogP contribution in [0.2, 0.25) is 5.02 Å². The molecule has 2 N–H and O–H groups in total. The second-order valence-electron chi connectivity index (χ2n) is 14.1. The Kier molecular flexibility index (Phi) is 7.56. The topological polar surface area (TPSA) is 153 Å². The summed E-state index contributed by atoms with van der Waals surface area (Å²) in [6.07, 6.45) is 8.31. The highest BCUT2D eigenvalue weighted by molar-refractivity contribution is 7.23. The van der Waals surface area contributed by atoms with Gasteiger partial charge in [-0.3, -0.25) is 9.47 Å².